The van der Waals surface area contributed by atoms with Crippen molar-refractivity contribution in [3.63, 3.8) is 0 Å². The third-order valence-corrected chi connectivity index (χ3v) is 6.60. The minimum Gasteiger partial charge on any atom is -0.478 e. The Labute approximate surface area is 168 Å². The number of rotatable bonds is 4. The van der Waals surface area contributed by atoms with Gasteiger partial charge in [-0.25, -0.2) is 9.79 Å². The highest BCUT2D eigenvalue weighted by atomic mass is 32.2. The van der Waals surface area contributed by atoms with E-state index in [4.69, 9.17) is 5.11 Å². The lowest BCUT2D eigenvalue weighted by Gasteiger charge is -2.24. The zero-order valence-corrected chi connectivity index (χ0v) is 16.7. The van der Waals surface area contributed by atoms with Gasteiger partial charge < -0.3 is 5.11 Å². The predicted molar refractivity (Wildman–Crippen MR) is 110 cm³/mol. The number of nitrogens with one attached hydrogen (secondary N) is 1. The maximum atomic E-state index is 11.7. The van der Waals surface area contributed by atoms with Crippen LogP contribution in [0.5, 0.6) is 0 Å². The quantitative estimate of drug-likeness (QED) is 0.573. The molecule has 1 unspecified atom stereocenters. The van der Waals surface area contributed by atoms with Crippen molar-refractivity contribution in [3.8, 4) is 0 Å². The summed E-state index contributed by atoms with van der Waals surface area (Å²) in [7, 11) is -4.32. The molecule has 148 valence electrons. The Kier molecular flexibility index (Phi) is 4.33. The SMILES string of the molecule is CC1=[NH+]c2ccc3ccc(S(=O)(=O)O)cc3c2C1(C)Cc1ccc(C(=O)O)cc1. The Morgan fingerprint density at radius 1 is 1.07 bits per heavy atom. The number of hydrogen-bond acceptors (Lipinski definition) is 3. The van der Waals surface area contributed by atoms with Gasteiger partial charge in [-0.2, -0.15) is 8.42 Å². The molecule has 0 amide bonds. The van der Waals surface area contributed by atoms with E-state index in [0.29, 0.717) is 6.42 Å². The van der Waals surface area contributed by atoms with E-state index in [1.54, 1.807) is 30.3 Å². The van der Waals surface area contributed by atoms with Gasteiger partial charge in [0.1, 0.15) is 0 Å². The van der Waals surface area contributed by atoms with Crippen LogP contribution in [0.25, 0.3) is 10.8 Å². The van der Waals surface area contributed by atoms with E-state index in [1.165, 1.54) is 12.1 Å². The van der Waals surface area contributed by atoms with Crippen molar-refractivity contribution in [2.24, 2.45) is 0 Å². The number of benzene rings is 3. The molecule has 4 rings (SSSR count). The standard InChI is InChI=1S/C22H19NO5S/c1-13-22(2,12-14-3-5-16(6-4-14)21(24)25)20-18-11-17(29(26,27)28)9-7-15(18)8-10-19(20)23-13/h3-11H,12H2,1-2H3,(H,24,25)(H,26,27,28)/p+1. The average molecular weight is 410 g/mol. The smallest absolute Gasteiger partial charge is 0.335 e. The zero-order valence-electron chi connectivity index (χ0n) is 15.9. The number of carboxylic acids is 1. The van der Waals surface area contributed by atoms with Crippen LogP contribution in [-0.4, -0.2) is 29.8 Å². The molecule has 1 aliphatic rings. The highest BCUT2D eigenvalue weighted by molar-refractivity contribution is 7.85. The molecule has 3 aromatic carbocycles. The van der Waals surface area contributed by atoms with Gasteiger partial charge in [-0.1, -0.05) is 18.2 Å². The van der Waals surface area contributed by atoms with Crippen molar-refractivity contribution in [1.82, 2.24) is 0 Å². The average Bonchev–Trinajstić information content (AvgIpc) is 2.91. The molecule has 29 heavy (non-hydrogen) atoms. The molecule has 0 spiro atoms. The minimum atomic E-state index is -4.32. The fourth-order valence-electron chi connectivity index (χ4n) is 4.08. The number of aromatic carboxylic acids is 1. The lowest BCUT2D eigenvalue weighted by Crippen LogP contribution is -2.65. The summed E-state index contributed by atoms with van der Waals surface area (Å²) < 4.78 is 32.8. The highest BCUT2D eigenvalue weighted by Crippen LogP contribution is 2.40. The summed E-state index contributed by atoms with van der Waals surface area (Å²) in [6.07, 6.45) is 0.605. The van der Waals surface area contributed by atoms with Crippen molar-refractivity contribution in [3.05, 3.63) is 71.3 Å². The molecule has 7 heteroatoms. The minimum absolute atomic E-state index is 0.142. The van der Waals surface area contributed by atoms with Gasteiger partial charge in [0.2, 0.25) is 5.69 Å². The molecule has 1 heterocycles. The second-order valence-electron chi connectivity index (χ2n) is 7.61. The van der Waals surface area contributed by atoms with E-state index in [9.17, 15) is 17.8 Å². The Hall–Kier alpha value is -3.03. The van der Waals surface area contributed by atoms with Crippen LogP contribution in [0.3, 0.4) is 0 Å². The summed E-state index contributed by atoms with van der Waals surface area (Å²) in [5.41, 5.74) is 3.62. The van der Waals surface area contributed by atoms with Crippen LogP contribution in [0, 0.1) is 0 Å². The van der Waals surface area contributed by atoms with Crippen molar-refractivity contribution in [2.75, 3.05) is 0 Å². The predicted octanol–water partition coefficient (Wildman–Crippen LogP) is 2.47. The zero-order chi connectivity index (χ0) is 21.0. The van der Waals surface area contributed by atoms with Gasteiger partial charge in [0.25, 0.3) is 10.1 Å². The molecule has 0 bridgehead atoms. The molecule has 0 fully saturated rings. The normalized spacial score (nSPS) is 18.5. The molecular formula is C22H20NO5S+. The molecule has 0 aromatic heterocycles. The molecule has 1 aliphatic heterocycles. The van der Waals surface area contributed by atoms with E-state index < -0.39 is 21.5 Å². The first kappa shape index (κ1) is 19.3. The van der Waals surface area contributed by atoms with Crippen LogP contribution in [0.1, 0.15) is 35.3 Å². The largest absolute Gasteiger partial charge is 0.478 e. The van der Waals surface area contributed by atoms with E-state index >= 15 is 0 Å². The van der Waals surface area contributed by atoms with Gasteiger partial charge in [0.15, 0.2) is 5.71 Å². The molecule has 3 aromatic rings. The molecule has 1 atom stereocenters. The molecule has 0 saturated heterocycles. The first-order valence-corrected chi connectivity index (χ1v) is 10.5. The van der Waals surface area contributed by atoms with E-state index in [1.807, 2.05) is 19.1 Å². The maximum absolute atomic E-state index is 11.7. The summed E-state index contributed by atoms with van der Waals surface area (Å²) in [5, 5.41) is 10.7. The number of carboxylic acid groups (broad SMARTS) is 1. The molecule has 6 nitrogen and oxygen atoms in total. The number of carbonyl (C=O) groups is 1. The Morgan fingerprint density at radius 2 is 1.72 bits per heavy atom. The lowest BCUT2D eigenvalue weighted by atomic mass is 9.73. The number of fused-ring (bicyclic) bond motifs is 3. The second kappa shape index (κ2) is 6.50. The van der Waals surface area contributed by atoms with Gasteiger partial charge in [-0.05, 0) is 60.0 Å². The fourth-order valence-corrected chi connectivity index (χ4v) is 4.59. The highest BCUT2D eigenvalue weighted by Gasteiger charge is 2.44. The lowest BCUT2D eigenvalue weighted by molar-refractivity contribution is -0.351. The van der Waals surface area contributed by atoms with Crippen LogP contribution in [-0.2, 0) is 22.0 Å². The Bertz CT molecular complexity index is 1290. The van der Waals surface area contributed by atoms with Crippen LogP contribution < -0.4 is 4.99 Å². The van der Waals surface area contributed by atoms with Crippen LogP contribution >= 0.6 is 0 Å². The molecule has 0 radical (unpaired) electrons. The summed E-state index contributed by atoms with van der Waals surface area (Å²) in [6.45, 7) is 4.07. The molecule has 0 aliphatic carbocycles. The number of hydrogen-bond donors (Lipinski definition) is 3. The summed E-state index contributed by atoms with van der Waals surface area (Å²) in [4.78, 5) is 14.4. The first-order valence-electron chi connectivity index (χ1n) is 9.07. The van der Waals surface area contributed by atoms with Crippen LogP contribution in [0.4, 0.5) is 5.69 Å². The van der Waals surface area contributed by atoms with Crippen LogP contribution in [0.15, 0.2) is 59.5 Å². The summed E-state index contributed by atoms with van der Waals surface area (Å²) in [6, 6.07) is 15.2. The molecule has 3 N–H and O–H groups in total. The van der Waals surface area contributed by atoms with Gasteiger partial charge in [0.05, 0.1) is 15.9 Å². The Balaban J connectivity index is 1.87. The summed E-state index contributed by atoms with van der Waals surface area (Å²) >= 11 is 0. The van der Waals surface area contributed by atoms with Gasteiger partial charge in [-0.15, -0.1) is 0 Å². The first-order chi connectivity index (χ1) is 13.6. The summed E-state index contributed by atoms with van der Waals surface area (Å²) in [5.74, 6) is -0.970. The van der Waals surface area contributed by atoms with Crippen molar-refractivity contribution >= 4 is 38.3 Å². The third-order valence-electron chi connectivity index (χ3n) is 5.75. The van der Waals surface area contributed by atoms with Crippen molar-refractivity contribution < 1.29 is 27.9 Å². The molecular weight excluding hydrogens is 390 g/mol. The second-order valence-corrected chi connectivity index (χ2v) is 9.03. The van der Waals surface area contributed by atoms with E-state index in [0.717, 1.165) is 33.3 Å². The van der Waals surface area contributed by atoms with E-state index in [2.05, 4.69) is 11.9 Å². The Morgan fingerprint density at radius 3 is 2.34 bits per heavy atom. The van der Waals surface area contributed by atoms with Crippen molar-refractivity contribution in [1.29, 1.82) is 0 Å². The van der Waals surface area contributed by atoms with Gasteiger partial charge in [0, 0.05) is 18.6 Å². The topological polar surface area (TPSA) is 106 Å². The molecule has 0 saturated carbocycles. The monoisotopic (exact) mass is 410 g/mol. The van der Waals surface area contributed by atoms with E-state index in [-0.39, 0.29) is 10.5 Å². The third kappa shape index (κ3) is 3.22. The fraction of sp³-hybridized carbons (Fsp3) is 0.182. The van der Waals surface area contributed by atoms with Gasteiger partial charge in [-0.3, -0.25) is 4.55 Å². The van der Waals surface area contributed by atoms with Crippen molar-refractivity contribution in [2.45, 2.75) is 30.6 Å². The van der Waals surface area contributed by atoms with Crippen LogP contribution in [0.2, 0.25) is 0 Å². The van der Waals surface area contributed by atoms with Gasteiger partial charge >= 0.3 is 5.97 Å². The maximum Gasteiger partial charge on any atom is 0.335 e.